The predicted octanol–water partition coefficient (Wildman–Crippen LogP) is 1.23. The molecule has 0 spiro atoms. The zero-order chi connectivity index (χ0) is 17.2. The van der Waals surface area contributed by atoms with Gasteiger partial charge in [0, 0.05) is 23.4 Å². The van der Waals surface area contributed by atoms with Crippen LogP contribution in [0.2, 0.25) is 0 Å². The van der Waals surface area contributed by atoms with Crippen molar-refractivity contribution in [1.29, 1.82) is 0 Å². The third kappa shape index (κ3) is 3.02. The van der Waals surface area contributed by atoms with Crippen molar-refractivity contribution in [2.24, 2.45) is 0 Å². The molecule has 0 bridgehead atoms. The van der Waals surface area contributed by atoms with Crippen LogP contribution in [0.15, 0.2) is 52.2 Å². The smallest absolute Gasteiger partial charge is 0.251 e. The van der Waals surface area contributed by atoms with Crippen LogP contribution < -0.4 is 10.9 Å². The maximum Gasteiger partial charge on any atom is 0.251 e. The Morgan fingerprint density at radius 1 is 1.20 bits per heavy atom. The highest BCUT2D eigenvalue weighted by atomic mass is 16.5. The van der Waals surface area contributed by atoms with Crippen LogP contribution in [0, 0.1) is 0 Å². The first-order valence-electron chi connectivity index (χ1n) is 7.42. The summed E-state index contributed by atoms with van der Waals surface area (Å²) < 4.78 is 5.10. The minimum absolute atomic E-state index is 0.0794. The van der Waals surface area contributed by atoms with E-state index in [4.69, 9.17) is 4.52 Å². The molecule has 124 valence electrons. The largest absolute Gasteiger partial charge is 0.345 e. The predicted molar refractivity (Wildman–Crippen MR) is 87.6 cm³/mol. The number of benzene rings is 1. The molecule has 3 aromatic heterocycles. The first kappa shape index (κ1) is 14.8. The number of rotatable bonds is 4. The molecule has 4 aromatic rings. The van der Waals surface area contributed by atoms with Gasteiger partial charge in [-0.05, 0) is 24.3 Å². The van der Waals surface area contributed by atoms with Crippen LogP contribution in [0.3, 0.4) is 0 Å². The van der Waals surface area contributed by atoms with Gasteiger partial charge in [-0.1, -0.05) is 5.16 Å². The SMILES string of the molecule is O=C(NCc1nc(-c2cc[nH]c(=O)c2)no1)c1ccc2nc[nH]c2c1. The zero-order valence-corrected chi connectivity index (χ0v) is 12.8. The van der Waals surface area contributed by atoms with Crippen LogP contribution in [0.25, 0.3) is 22.4 Å². The number of hydrogen-bond donors (Lipinski definition) is 3. The molecule has 1 amide bonds. The van der Waals surface area contributed by atoms with Crippen molar-refractivity contribution in [3.63, 3.8) is 0 Å². The molecule has 1 aromatic carbocycles. The summed E-state index contributed by atoms with van der Waals surface area (Å²) in [4.78, 5) is 37.3. The summed E-state index contributed by atoms with van der Waals surface area (Å²) >= 11 is 0. The lowest BCUT2D eigenvalue weighted by Gasteiger charge is -2.02. The molecular formula is C16H12N6O3. The van der Waals surface area contributed by atoms with Gasteiger partial charge in [0.25, 0.3) is 5.91 Å². The summed E-state index contributed by atoms with van der Waals surface area (Å²) in [6.07, 6.45) is 3.07. The van der Waals surface area contributed by atoms with E-state index in [2.05, 4.69) is 30.4 Å². The average Bonchev–Trinajstić information content (AvgIpc) is 3.28. The first-order chi connectivity index (χ1) is 12.2. The number of pyridine rings is 1. The molecule has 0 saturated carbocycles. The number of imidazole rings is 1. The van der Waals surface area contributed by atoms with Gasteiger partial charge in [0.15, 0.2) is 0 Å². The summed E-state index contributed by atoms with van der Waals surface area (Å²) in [5.41, 5.74) is 2.34. The molecule has 3 heterocycles. The average molecular weight is 336 g/mol. The number of aromatic nitrogens is 5. The second-order valence-corrected chi connectivity index (χ2v) is 5.27. The van der Waals surface area contributed by atoms with Crippen molar-refractivity contribution >= 4 is 16.9 Å². The van der Waals surface area contributed by atoms with E-state index in [0.717, 1.165) is 11.0 Å². The summed E-state index contributed by atoms with van der Waals surface area (Å²) in [5.74, 6) is 0.257. The van der Waals surface area contributed by atoms with Crippen molar-refractivity contribution in [3.05, 3.63) is 64.7 Å². The molecule has 0 fully saturated rings. The zero-order valence-electron chi connectivity index (χ0n) is 12.8. The number of nitrogens with zero attached hydrogens (tertiary/aromatic N) is 3. The van der Waals surface area contributed by atoms with Crippen molar-refractivity contribution in [2.75, 3.05) is 0 Å². The number of amides is 1. The van der Waals surface area contributed by atoms with E-state index in [1.807, 2.05) is 0 Å². The van der Waals surface area contributed by atoms with E-state index >= 15 is 0 Å². The molecule has 0 aliphatic carbocycles. The monoisotopic (exact) mass is 336 g/mol. The fourth-order valence-corrected chi connectivity index (χ4v) is 2.36. The standard InChI is InChI=1S/C16H12N6O3/c23-13-6-9(3-4-17-13)15-21-14(25-22-15)7-18-16(24)10-1-2-11-12(5-10)20-8-19-11/h1-6,8H,7H2,(H,17,23)(H,18,24)(H,19,20). The summed E-state index contributed by atoms with van der Waals surface area (Å²) in [6, 6.07) is 8.20. The Labute approximate surface area is 140 Å². The Kier molecular flexibility index (Phi) is 3.58. The fraction of sp³-hybridized carbons (Fsp3) is 0.0625. The number of aromatic amines is 2. The van der Waals surface area contributed by atoms with Gasteiger partial charge in [0.1, 0.15) is 0 Å². The minimum Gasteiger partial charge on any atom is -0.345 e. The number of H-pyrrole nitrogens is 2. The molecule has 25 heavy (non-hydrogen) atoms. The van der Waals surface area contributed by atoms with Gasteiger partial charge in [-0.25, -0.2) is 4.98 Å². The highest BCUT2D eigenvalue weighted by Crippen LogP contribution is 2.14. The first-order valence-corrected chi connectivity index (χ1v) is 7.42. The van der Waals surface area contributed by atoms with Crippen molar-refractivity contribution in [2.45, 2.75) is 6.54 Å². The Bertz CT molecular complexity index is 1110. The second-order valence-electron chi connectivity index (χ2n) is 5.27. The summed E-state index contributed by atoms with van der Waals surface area (Å²) in [7, 11) is 0. The van der Waals surface area contributed by atoms with Crippen LogP contribution in [0.4, 0.5) is 0 Å². The molecule has 0 aliphatic heterocycles. The van der Waals surface area contributed by atoms with E-state index in [0.29, 0.717) is 11.1 Å². The van der Waals surface area contributed by atoms with Gasteiger partial charge in [-0.2, -0.15) is 4.98 Å². The van der Waals surface area contributed by atoms with Gasteiger partial charge >= 0.3 is 0 Å². The van der Waals surface area contributed by atoms with Crippen molar-refractivity contribution < 1.29 is 9.32 Å². The quantitative estimate of drug-likeness (QED) is 0.514. The Morgan fingerprint density at radius 2 is 2.12 bits per heavy atom. The van der Waals surface area contributed by atoms with Crippen molar-refractivity contribution in [3.8, 4) is 11.4 Å². The highest BCUT2D eigenvalue weighted by Gasteiger charge is 2.12. The molecule has 0 unspecified atom stereocenters. The lowest BCUT2D eigenvalue weighted by molar-refractivity contribution is 0.0946. The molecule has 0 saturated heterocycles. The molecule has 3 N–H and O–H groups in total. The number of carbonyl (C=O) groups is 1. The molecule has 0 aliphatic rings. The van der Waals surface area contributed by atoms with Gasteiger partial charge in [-0.3, -0.25) is 9.59 Å². The third-order valence-corrected chi connectivity index (χ3v) is 3.58. The molecule has 9 nitrogen and oxygen atoms in total. The summed E-state index contributed by atoms with van der Waals surface area (Å²) in [6.45, 7) is 0.0794. The van der Waals surface area contributed by atoms with Gasteiger partial charge < -0.3 is 19.8 Å². The van der Waals surface area contributed by atoms with E-state index in [-0.39, 0.29) is 29.7 Å². The number of nitrogens with one attached hydrogen (secondary N) is 3. The van der Waals surface area contributed by atoms with E-state index in [1.54, 1.807) is 30.6 Å². The van der Waals surface area contributed by atoms with Crippen LogP contribution in [0.5, 0.6) is 0 Å². The Morgan fingerprint density at radius 3 is 3.00 bits per heavy atom. The summed E-state index contributed by atoms with van der Waals surface area (Å²) in [5, 5.41) is 6.52. The molecule has 0 atom stereocenters. The van der Waals surface area contributed by atoms with E-state index in [9.17, 15) is 9.59 Å². The van der Waals surface area contributed by atoms with Gasteiger partial charge in [0.2, 0.25) is 17.3 Å². The van der Waals surface area contributed by atoms with Crippen LogP contribution in [0.1, 0.15) is 16.2 Å². The number of fused-ring (bicyclic) bond motifs is 1. The molecular weight excluding hydrogens is 324 g/mol. The fourth-order valence-electron chi connectivity index (χ4n) is 2.36. The number of carbonyl (C=O) groups excluding carboxylic acids is 1. The topological polar surface area (TPSA) is 130 Å². The van der Waals surface area contributed by atoms with Gasteiger partial charge in [-0.15, -0.1) is 0 Å². The second kappa shape index (κ2) is 6.04. The van der Waals surface area contributed by atoms with Crippen LogP contribution in [-0.2, 0) is 6.54 Å². The minimum atomic E-state index is -0.271. The molecule has 4 rings (SSSR count). The van der Waals surface area contributed by atoms with E-state index < -0.39 is 0 Å². The molecule has 0 radical (unpaired) electrons. The normalized spacial score (nSPS) is 10.9. The number of hydrogen-bond acceptors (Lipinski definition) is 6. The Balaban J connectivity index is 1.46. The van der Waals surface area contributed by atoms with Crippen LogP contribution in [-0.4, -0.2) is 31.0 Å². The maximum atomic E-state index is 12.2. The maximum absolute atomic E-state index is 12.2. The van der Waals surface area contributed by atoms with Crippen molar-refractivity contribution in [1.82, 2.24) is 30.4 Å². The Hall–Kier alpha value is -3.75. The lowest BCUT2D eigenvalue weighted by Crippen LogP contribution is -2.22. The van der Waals surface area contributed by atoms with E-state index in [1.165, 1.54) is 12.3 Å². The van der Waals surface area contributed by atoms with Crippen LogP contribution >= 0.6 is 0 Å². The highest BCUT2D eigenvalue weighted by molar-refractivity contribution is 5.97. The van der Waals surface area contributed by atoms with Gasteiger partial charge in [0.05, 0.1) is 23.9 Å². The lowest BCUT2D eigenvalue weighted by atomic mass is 10.2. The third-order valence-electron chi connectivity index (χ3n) is 3.58. The molecule has 9 heteroatoms.